The van der Waals surface area contributed by atoms with E-state index in [2.05, 4.69) is 32.0 Å². The Morgan fingerprint density at radius 1 is 0.836 bits per heavy atom. The third-order valence-corrected chi connectivity index (χ3v) is 16.2. The summed E-state index contributed by atoms with van der Waals surface area (Å²) in [5.41, 5.74) is 0.209. The number of esters is 1. The predicted octanol–water partition coefficient (Wildman–Crippen LogP) is 6.23. The minimum Gasteiger partial charge on any atom is -0.462 e. The van der Waals surface area contributed by atoms with Crippen molar-refractivity contribution in [3.63, 3.8) is 0 Å². The molecular formula is C51H77NO15. The second-order valence-electron chi connectivity index (χ2n) is 20.6. The molecule has 6 fully saturated rings. The molecule has 16 heteroatoms. The number of ether oxygens (including phenoxy) is 11. The summed E-state index contributed by atoms with van der Waals surface area (Å²) < 4.78 is 70.9. The van der Waals surface area contributed by atoms with Crippen LogP contribution >= 0.6 is 0 Å². The topological polar surface area (TPSA) is 192 Å². The zero-order valence-electron chi connectivity index (χ0n) is 41.0. The molecule has 0 radical (unpaired) electrons. The minimum atomic E-state index is -1.88. The highest BCUT2D eigenvalue weighted by atomic mass is 16.7. The predicted molar refractivity (Wildman–Crippen MR) is 244 cm³/mol. The van der Waals surface area contributed by atoms with Gasteiger partial charge in [-0.15, -0.1) is 0 Å². The number of hydrogen-bond donors (Lipinski definition) is 3. The zero-order chi connectivity index (χ0) is 47.8. The summed E-state index contributed by atoms with van der Waals surface area (Å²) in [5, 5.41) is 36.9. The van der Waals surface area contributed by atoms with Gasteiger partial charge >= 0.3 is 5.97 Å². The van der Waals surface area contributed by atoms with Gasteiger partial charge in [0.25, 0.3) is 0 Å². The van der Waals surface area contributed by atoms with Crippen LogP contribution in [0.15, 0.2) is 52.3 Å². The van der Waals surface area contributed by atoms with E-state index >= 15 is 0 Å². The lowest BCUT2D eigenvalue weighted by Crippen LogP contribution is -2.60. The van der Waals surface area contributed by atoms with Crippen LogP contribution in [-0.4, -0.2) is 152 Å². The highest BCUT2D eigenvalue weighted by molar-refractivity contribution is 6.06. The van der Waals surface area contributed by atoms with Crippen LogP contribution in [0.2, 0.25) is 0 Å². The van der Waals surface area contributed by atoms with E-state index in [9.17, 15) is 20.2 Å². The second-order valence-corrected chi connectivity index (χ2v) is 20.6. The molecule has 67 heavy (non-hydrogen) atoms. The zero-order valence-corrected chi connectivity index (χ0v) is 41.0. The molecule has 0 aromatic rings. The maximum Gasteiger partial charge on any atom is 0.316 e. The van der Waals surface area contributed by atoms with Gasteiger partial charge in [0.05, 0.1) is 55.4 Å². The molecule has 0 unspecified atom stereocenters. The van der Waals surface area contributed by atoms with Crippen LogP contribution in [0.1, 0.15) is 112 Å². The Balaban J connectivity index is 1.10. The first-order chi connectivity index (χ1) is 32.1. The van der Waals surface area contributed by atoms with E-state index in [1.807, 2.05) is 19.1 Å². The van der Waals surface area contributed by atoms with Crippen LogP contribution in [0.4, 0.5) is 0 Å². The number of oxime groups is 1. The molecule has 1 saturated carbocycles. The van der Waals surface area contributed by atoms with Crippen LogP contribution in [0, 0.1) is 23.7 Å². The number of aliphatic hydroxyl groups is 2. The van der Waals surface area contributed by atoms with Crippen molar-refractivity contribution in [1.29, 1.82) is 0 Å². The lowest BCUT2D eigenvalue weighted by atomic mass is 9.71. The molecule has 16 nitrogen and oxygen atoms in total. The summed E-state index contributed by atoms with van der Waals surface area (Å²) in [7, 11) is 4.98. The van der Waals surface area contributed by atoms with Gasteiger partial charge in [-0.25, -0.2) is 0 Å². The third-order valence-electron chi connectivity index (χ3n) is 16.2. The van der Waals surface area contributed by atoms with Gasteiger partial charge in [-0.3, -0.25) is 4.79 Å². The molecule has 0 aromatic heterocycles. The first kappa shape index (κ1) is 50.8. The number of methoxy groups -OCH3 is 3. The molecule has 5 saturated heterocycles. The van der Waals surface area contributed by atoms with Crippen LogP contribution in [0.5, 0.6) is 0 Å². The standard InChI is InChI=1S/C51H77NO15/c1-27-14-13-17-34-26-60-48-43(52-56)29(3)20-37(51(34,48)55)49(54)63-36-21-35(66-50(24-36)25-40(59-9)30(4)46(67-50)33-15-11-10-12-16-33)19-18-28(2)45(27)64-42-23-39(58-8)47(32(6)62-42)65-41-22-38(57-7)44(53)31(5)61-41/h13-14,17-18,20,27,30-33,35-42,44-48,53,55-56H,10-12,15-16,19,21-26H2,1-9H3/b14-13+,28-18+,34-17+,52-43-/t27-,30+,31+,32-,35+,36-,37-,38+,39-,40+,41-,42-,44+,45-,46+,47-,48+,50-,51+/m0/s1. The Morgan fingerprint density at radius 2 is 1.54 bits per heavy atom. The molecule has 0 amide bonds. The molecule has 8 rings (SSSR count). The maximum atomic E-state index is 14.6. The minimum absolute atomic E-state index is 0.00503. The maximum absolute atomic E-state index is 14.6. The van der Waals surface area contributed by atoms with Gasteiger partial charge < -0.3 is 67.5 Å². The normalized spacial score (nSPS) is 48.4. The molecule has 2 bridgehead atoms. The quantitative estimate of drug-likeness (QED) is 0.107. The van der Waals surface area contributed by atoms with Gasteiger partial charge in [0.1, 0.15) is 41.6 Å². The Hall–Kier alpha value is -2.58. The molecule has 6 heterocycles. The number of carbonyl (C=O) groups is 1. The van der Waals surface area contributed by atoms with Crippen molar-refractivity contribution in [3.8, 4) is 0 Å². The van der Waals surface area contributed by atoms with Crippen molar-refractivity contribution in [2.45, 2.75) is 209 Å². The van der Waals surface area contributed by atoms with Crippen LogP contribution in [0.25, 0.3) is 0 Å². The van der Waals surface area contributed by atoms with Gasteiger partial charge in [0.15, 0.2) is 18.4 Å². The fraction of sp³-hybridized carbons (Fsp3) is 0.804. The SMILES string of the molecule is CO[C@H]1C[C@H](O[C@@H]2/C(C)=C/C[C@@H]3C[C@@H](C[C@]4(C[C@@H](OC)[C@@H](C)[C@H](C5CCCCC5)O4)O3)OC(=O)[C@@H]3C=C(C)/C(=N/O)[C@H]4OC/C(=C\C=C\[C@@H]2C)[C@]43O)O[C@@H](C)[C@@H]1O[C@H]1C[C@@H](OC)[C@H](O)[C@@H](C)O1. The fourth-order valence-corrected chi connectivity index (χ4v) is 12.4. The first-order valence-corrected chi connectivity index (χ1v) is 24.8. The van der Waals surface area contributed by atoms with Gasteiger partial charge in [0, 0.05) is 65.3 Å². The van der Waals surface area contributed by atoms with Crippen LogP contribution in [0.3, 0.4) is 0 Å². The Bertz CT molecular complexity index is 1880. The van der Waals surface area contributed by atoms with E-state index in [0.717, 1.165) is 31.3 Å². The monoisotopic (exact) mass is 944 g/mol. The van der Waals surface area contributed by atoms with E-state index in [0.29, 0.717) is 55.6 Å². The van der Waals surface area contributed by atoms with E-state index in [4.69, 9.17) is 52.1 Å². The summed E-state index contributed by atoms with van der Waals surface area (Å²) >= 11 is 0. The highest BCUT2D eigenvalue weighted by Crippen LogP contribution is 2.49. The van der Waals surface area contributed by atoms with Crippen molar-refractivity contribution in [3.05, 3.63) is 47.1 Å². The summed E-state index contributed by atoms with van der Waals surface area (Å²) in [6.07, 6.45) is 10.5. The van der Waals surface area contributed by atoms with Crippen molar-refractivity contribution in [1.82, 2.24) is 0 Å². The van der Waals surface area contributed by atoms with Crippen LogP contribution in [-0.2, 0) is 56.9 Å². The average Bonchev–Trinajstić information content (AvgIpc) is 3.65. The van der Waals surface area contributed by atoms with E-state index in [-0.39, 0.29) is 36.4 Å². The molecule has 6 aliphatic heterocycles. The molecule has 0 aromatic carbocycles. The molecule has 1 spiro atoms. The fourth-order valence-electron chi connectivity index (χ4n) is 12.4. The lowest BCUT2D eigenvalue weighted by molar-refractivity contribution is -0.357. The van der Waals surface area contributed by atoms with Gasteiger partial charge in [-0.1, -0.05) is 68.6 Å². The number of aliphatic hydroxyl groups excluding tert-OH is 1. The number of nitrogens with zero attached hydrogens (tertiary/aromatic N) is 1. The molecule has 376 valence electrons. The summed E-state index contributed by atoms with van der Waals surface area (Å²) in [4.78, 5) is 14.6. The average molecular weight is 944 g/mol. The third kappa shape index (κ3) is 10.4. The molecular weight excluding hydrogens is 867 g/mol. The Kier molecular flexibility index (Phi) is 16.2. The van der Waals surface area contributed by atoms with E-state index in [1.165, 1.54) is 6.42 Å². The van der Waals surface area contributed by atoms with Crippen molar-refractivity contribution in [2.24, 2.45) is 28.8 Å². The van der Waals surface area contributed by atoms with Crippen molar-refractivity contribution < 1.29 is 72.3 Å². The second kappa shape index (κ2) is 21.4. The van der Waals surface area contributed by atoms with Crippen molar-refractivity contribution in [2.75, 3.05) is 27.9 Å². The Labute approximate surface area is 396 Å². The van der Waals surface area contributed by atoms with Gasteiger partial charge in [-0.05, 0) is 69.6 Å². The molecule has 2 aliphatic carbocycles. The number of rotatable bonds is 8. The summed E-state index contributed by atoms with van der Waals surface area (Å²) in [6.45, 7) is 11.8. The van der Waals surface area contributed by atoms with E-state index in [1.54, 1.807) is 47.3 Å². The largest absolute Gasteiger partial charge is 0.462 e. The highest BCUT2D eigenvalue weighted by Gasteiger charge is 2.60. The van der Waals surface area contributed by atoms with E-state index < -0.39 is 96.9 Å². The first-order valence-electron chi connectivity index (χ1n) is 24.8. The Morgan fingerprint density at radius 3 is 2.25 bits per heavy atom. The molecule has 8 aliphatic rings. The molecule has 19 atom stereocenters. The number of hydrogen-bond acceptors (Lipinski definition) is 16. The lowest BCUT2D eigenvalue weighted by Gasteiger charge is -2.53. The van der Waals surface area contributed by atoms with Gasteiger partial charge in [0.2, 0.25) is 0 Å². The number of allylic oxidation sites excluding steroid dienone is 2. The number of carbonyl (C=O) groups excluding carboxylic acids is 1. The smallest absolute Gasteiger partial charge is 0.316 e. The van der Waals surface area contributed by atoms with Crippen molar-refractivity contribution >= 4 is 11.7 Å². The summed E-state index contributed by atoms with van der Waals surface area (Å²) in [6, 6.07) is 0. The van der Waals surface area contributed by atoms with Gasteiger partial charge in [-0.2, -0.15) is 0 Å². The molecule has 3 N–H and O–H groups in total. The summed E-state index contributed by atoms with van der Waals surface area (Å²) in [5.74, 6) is -2.52. The van der Waals surface area contributed by atoms with Crippen LogP contribution < -0.4 is 0 Å². The number of fused-ring (bicyclic) bond motifs is 2.